The smallest absolute Gasteiger partial charge is 0.186 e. The number of halogens is 3. The fourth-order valence-electron chi connectivity index (χ4n) is 11.3. The van der Waals surface area contributed by atoms with Gasteiger partial charge in [0, 0.05) is 121 Å². The molecule has 0 atom stereocenters. The van der Waals surface area contributed by atoms with Gasteiger partial charge in [-0.1, -0.05) is 60.7 Å². The van der Waals surface area contributed by atoms with Crippen molar-refractivity contribution in [2.24, 2.45) is 21.1 Å². The predicted molar refractivity (Wildman–Crippen MR) is 360 cm³/mol. The summed E-state index contributed by atoms with van der Waals surface area (Å²) < 4.78 is 53.3. The van der Waals surface area contributed by atoms with Gasteiger partial charge in [0.15, 0.2) is 51.8 Å². The van der Waals surface area contributed by atoms with Crippen LogP contribution in [0.2, 0.25) is 0 Å². The molecule has 27 heteroatoms. The first-order valence-corrected chi connectivity index (χ1v) is 31.1. The number of carbonyl (C=O) groups excluding carboxylic acids is 3. The SMILES string of the molecule is Cc1ccc(-c2cnn(C)c2C(=O)Cc2cc3nc(-c4ccccc4)nn3cc2F)nc1.Cc1ncc(C)c(-c2cnn(C)c2C(=O)Cc2cc3nc(-c4ccccc4C)nn3cc2F)n1.Cc1ncc(C)c(-c2cnn(C)c2C(=O)Cc2cc3nc(-c4cccnc4)nn3cc2F)n1. The summed E-state index contributed by atoms with van der Waals surface area (Å²) in [7, 11) is 5.06. The monoisotopic (exact) mass is 1320 g/mol. The zero-order chi connectivity index (χ0) is 69.3. The summed E-state index contributed by atoms with van der Waals surface area (Å²) in [6.07, 6.45) is 16.6. The van der Waals surface area contributed by atoms with Crippen LogP contribution in [0.5, 0.6) is 0 Å². The number of pyridine rings is 5. The summed E-state index contributed by atoms with van der Waals surface area (Å²) in [4.78, 5) is 79.1. The van der Waals surface area contributed by atoms with Crippen molar-refractivity contribution in [3.63, 3.8) is 0 Å². The third-order valence-electron chi connectivity index (χ3n) is 16.4. The van der Waals surface area contributed by atoms with Crippen molar-refractivity contribution in [1.82, 2.24) is 103 Å². The number of hydrogen-bond donors (Lipinski definition) is 0. The maximum absolute atomic E-state index is 15.0. The summed E-state index contributed by atoms with van der Waals surface area (Å²) in [5, 5.41) is 25.8. The second-order valence-corrected chi connectivity index (χ2v) is 23.6. The van der Waals surface area contributed by atoms with Gasteiger partial charge in [0.1, 0.15) is 46.2 Å². The van der Waals surface area contributed by atoms with Crippen LogP contribution in [-0.2, 0) is 40.4 Å². The molecule has 15 aromatic rings. The second-order valence-electron chi connectivity index (χ2n) is 23.6. The maximum Gasteiger partial charge on any atom is 0.186 e. The summed E-state index contributed by atoms with van der Waals surface area (Å²) in [5.41, 5.74) is 13.0. The second kappa shape index (κ2) is 27.1. The molecule has 13 heterocycles. The van der Waals surface area contributed by atoms with E-state index in [-0.39, 0.29) is 53.3 Å². The number of aryl methyl sites for hydroxylation is 9. The summed E-state index contributed by atoms with van der Waals surface area (Å²) >= 11 is 0. The number of aromatic nitrogens is 21. The van der Waals surface area contributed by atoms with Gasteiger partial charge in [-0.15, -0.1) is 15.3 Å². The molecule has 0 bridgehead atoms. The van der Waals surface area contributed by atoms with Gasteiger partial charge in [-0.05, 0) is 100 Å². The van der Waals surface area contributed by atoms with Crippen LogP contribution in [0.3, 0.4) is 0 Å². The van der Waals surface area contributed by atoms with Gasteiger partial charge in [0.2, 0.25) is 0 Å². The van der Waals surface area contributed by atoms with E-state index < -0.39 is 17.5 Å². The Kier molecular flexibility index (Phi) is 17.8. The predicted octanol–water partition coefficient (Wildman–Crippen LogP) is 11.3. The highest BCUT2D eigenvalue weighted by Crippen LogP contribution is 2.31. The first kappa shape index (κ1) is 64.9. The summed E-state index contributed by atoms with van der Waals surface area (Å²) in [5.74, 6) is 0.202. The molecule has 13 aromatic heterocycles. The van der Waals surface area contributed by atoms with E-state index in [9.17, 15) is 27.6 Å². The van der Waals surface area contributed by atoms with Crippen molar-refractivity contribution >= 4 is 34.3 Å². The quantitative estimate of drug-likeness (QED) is 0.0863. The van der Waals surface area contributed by atoms with Crippen molar-refractivity contribution in [3.8, 4) is 67.9 Å². The van der Waals surface area contributed by atoms with Gasteiger partial charge in [-0.3, -0.25) is 38.4 Å². The van der Waals surface area contributed by atoms with Gasteiger partial charge in [0.25, 0.3) is 0 Å². The van der Waals surface area contributed by atoms with Crippen LogP contribution in [0.25, 0.3) is 84.9 Å². The van der Waals surface area contributed by atoms with Gasteiger partial charge in [0.05, 0.1) is 54.3 Å². The number of hydrogen-bond acceptors (Lipinski definition) is 18. The molecule has 99 heavy (non-hydrogen) atoms. The van der Waals surface area contributed by atoms with Crippen molar-refractivity contribution in [1.29, 1.82) is 0 Å². The van der Waals surface area contributed by atoms with Crippen LogP contribution < -0.4 is 0 Å². The molecule has 0 amide bonds. The largest absolute Gasteiger partial charge is 0.292 e. The molecule has 0 aliphatic carbocycles. The number of ketones is 3. The standard InChI is InChI=1S/C25H22FN7O.C24H19FN6O.C23H19FN8O/c1-14-7-5-6-8-18(14)25-30-22-10-17(20(26)13-33(22)31-25)9-21(34)24-19(12-28-32(24)4)23-15(2)11-27-16(3)29-23;1-15-8-9-20(26-12-15)18-13-27-30(2)23(18)21(32)10-17-11-22-28-24(16-6-4-3-5-7-16)29-31(22)14-19(17)25;1-13-9-26-14(2)28-21(13)17-11-27-31(3)22(17)19(33)7-16-8-20-29-23(15-5-4-6-25-10-15)30-32(20)12-18(16)24/h5-8,10-13H,9H2,1-4H3;3-9,11-14H,10H2,1-2H3;4-6,8-12H,7H2,1-3H3. The van der Waals surface area contributed by atoms with Gasteiger partial charge in [-0.2, -0.15) is 15.3 Å². The van der Waals surface area contributed by atoms with E-state index in [0.717, 1.165) is 33.4 Å². The zero-order valence-electron chi connectivity index (χ0n) is 55.0. The van der Waals surface area contributed by atoms with Crippen molar-refractivity contribution < 1.29 is 27.6 Å². The third-order valence-corrected chi connectivity index (χ3v) is 16.4. The molecule has 15 rings (SSSR count). The molecule has 24 nitrogen and oxygen atoms in total. The molecule has 0 aliphatic rings. The lowest BCUT2D eigenvalue weighted by Gasteiger charge is -2.09. The number of benzene rings is 2. The lowest BCUT2D eigenvalue weighted by atomic mass is 10.0. The Labute approximate surface area is 562 Å². The minimum absolute atomic E-state index is 0.131. The molecule has 0 N–H and O–H groups in total. The average molecular weight is 1320 g/mol. The number of Topliss-reactive ketones (excluding diaryl/α,β-unsaturated/α-hetero) is 3. The van der Waals surface area contributed by atoms with E-state index in [1.165, 1.54) is 52.2 Å². The van der Waals surface area contributed by atoms with E-state index in [1.54, 1.807) is 103 Å². The highest BCUT2D eigenvalue weighted by molar-refractivity contribution is 6.03. The van der Waals surface area contributed by atoms with Crippen LogP contribution in [0, 0.1) is 59.0 Å². The molecule has 0 unspecified atom stereocenters. The first-order valence-electron chi connectivity index (χ1n) is 31.1. The highest BCUT2D eigenvalue weighted by atomic mass is 19.1. The van der Waals surface area contributed by atoms with Crippen molar-refractivity contribution in [2.75, 3.05) is 0 Å². The Bertz CT molecular complexity index is 5600. The molecule has 0 spiro atoms. The van der Waals surface area contributed by atoms with Gasteiger partial charge >= 0.3 is 0 Å². The number of fused-ring (bicyclic) bond motifs is 3. The van der Waals surface area contributed by atoms with E-state index in [1.807, 2.05) is 100 Å². The summed E-state index contributed by atoms with van der Waals surface area (Å²) in [6.45, 7) is 11.2. The molecule has 0 fully saturated rings. The Morgan fingerprint density at radius 3 is 1.30 bits per heavy atom. The minimum Gasteiger partial charge on any atom is -0.292 e. The number of rotatable bonds is 15. The lowest BCUT2D eigenvalue weighted by Crippen LogP contribution is -2.13. The van der Waals surface area contributed by atoms with Gasteiger partial charge < -0.3 is 0 Å². The topological polar surface area (TPSA) is 273 Å². The Hall–Kier alpha value is -12.8. The highest BCUT2D eigenvalue weighted by Gasteiger charge is 2.27. The van der Waals surface area contributed by atoms with Crippen molar-refractivity contribution in [3.05, 3.63) is 250 Å². The molecule has 0 radical (unpaired) electrons. The molecular formula is C72H60F3N21O3. The van der Waals surface area contributed by atoms with E-state index >= 15 is 0 Å². The van der Waals surface area contributed by atoms with Crippen molar-refractivity contribution in [2.45, 2.75) is 60.8 Å². The fourth-order valence-corrected chi connectivity index (χ4v) is 11.3. The summed E-state index contributed by atoms with van der Waals surface area (Å²) in [6, 6.07) is 29.2. The Morgan fingerprint density at radius 2 is 0.838 bits per heavy atom. The normalized spacial score (nSPS) is 11.3. The van der Waals surface area contributed by atoms with Gasteiger partial charge in [-0.25, -0.2) is 61.6 Å². The van der Waals surface area contributed by atoms with Crippen LogP contribution in [0.4, 0.5) is 13.2 Å². The zero-order valence-corrected chi connectivity index (χ0v) is 55.0. The molecular weight excluding hydrogens is 1260 g/mol. The molecule has 0 saturated heterocycles. The van der Waals surface area contributed by atoms with Crippen LogP contribution in [0.1, 0.15) is 82.1 Å². The minimum atomic E-state index is -0.545. The maximum atomic E-state index is 15.0. The van der Waals surface area contributed by atoms with Crippen LogP contribution in [0.15, 0.2) is 165 Å². The first-order chi connectivity index (χ1) is 47.7. The van der Waals surface area contributed by atoms with E-state index in [4.69, 9.17) is 0 Å². The van der Waals surface area contributed by atoms with Crippen LogP contribution >= 0.6 is 0 Å². The third kappa shape index (κ3) is 13.5. The fraction of sp³-hybridized carbons (Fsp3) is 0.167. The molecule has 492 valence electrons. The molecule has 0 aliphatic heterocycles. The van der Waals surface area contributed by atoms with E-state index in [2.05, 4.69) is 75.4 Å². The average Bonchev–Trinajstić information content (AvgIpc) is 1.76. The number of carbonyl (C=O) groups is 3. The number of nitrogens with zero attached hydrogens (tertiary/aromatic N) is 21. The van der Waals surface area contributed by atoms with E-state index in [0.29, 0.717) is 102 Å². The molecule has 0 saturated carbocycles. The Balaban J connectivity index is 0.000000133. The molecule has 2 aromatic carbocycles. The Morgan fingerprint density at radius 1 is 0.404 bits per heavy atom. The lowest BCUT2D eigenvalue weighted by molar-refractivity contribution is 0.0975. The van der Waals surface area contributed by atoms with Crippen LogP contribution in [-0.4, -0.2) is 120 Å².